The van der Waals surface area contributed by atoms with E-state index in [2.05, 4.69) is 0 Å². The van der Waals surface area contributed by atoms with Gasteiger partial charge in [-0.15, -0.1) is 0 Å². The van der Waals surface area contributed by atoms with E-state index < -0.39 is 9.84 Å². The smallest absolute Gasteiger partial charge is 0.175 e. The lowest BCUT2D eigenvalue weighted by Gasteiger charge is -2.04. The zero-order chi connectivity index (χ0) is 12.0. The second kappa shape index (κ2) is 5.98. The maximum absolute atomic E-state index is 11.2. The van der Waals surface area contributed by atoms with Crippen molar-refractivity contribution >= 4 is 9.84 Å². The fourth-order valence-electron chi connectivity index (χ4n) is 1.21. The molecule has 0 bridgehead atoms. The third-order valence-corrected chi connectivity index (χ3v) is 3.24. The number of hydrogen-bond acceptors (Lipinski definition) is 4. The van der Waals surface area contributed by atoms with E-state index in [1.54, 1.807) is 24.3 Å². The summed E-state index contributed by atoms with van der Waals surface area (Å²) in [6.07, 6.45) is 2.03. The van der Waals surface area contributed by atoms with Gasteiger partial charge in [-0.1, -0.05) is 12.1 Å². The zero-order valence-corrected chi connectivity index (χ0v) is 10.2. The summed E-state index contributed by atoms with van der Waals surface area (Å²) >= 11 is 0. The van der Waals surface area contributed by atoms with Crippen LogP contribution in [0.25, 0.3) is 0 Å². The summed E-state index contributed by atoms with van der Waals surface area (Å²) in [6.45, 7) is 1.74. The minimum Gasteiger partial charge on any atom is -0.377 e. The van der Waals surface area contributed by atoms with Crippen molar-refractivity contribution in [2.45, 2.75) is 17.9 Å². The Morgan fingerprint density at radius 2 is 1.88 bits per heavy atom. The predicted octanol–water partition coefficient (Wildman–Crippen LogP) is 0.956. The van der Waals surface area contributed by atoms with E-state index in [0.29, 0.717) is 24.7 Å². The van der Waals surface area contributed by atoms with Gasteiger partial charge >= 0.3 is 0 Å². The summed E-state index contributed by atoms with van der Waals surface area (Å²) in [7, 11) is -3.11. The van der Waals surface area contributed by atoms with Gasteiger partial charge in [0, 0.05) is 12.9 Å². The number of sulfone groups is 1. The molecule has 0 radical (unpaired) electrons. The average Bonchev–Trinajstić information content (AvgIpc) is 2.24. The molecule has 0 saturated heterocycles. The summed E-state index contributed by atoms with van der Waals surface area (Å²) in [5.74, 6) is 0. The van der Waals surface area contributed by atoms with Crippen LogP contribution in [0.2, 0.25) is 0 Å². The molecule has 0 aliphatic heterocycles. The molecule has 0 heterocycles. The lowest BCUT2D eigenvalue weighted by molar-refractivity contribution is 0.120. The minimum atomic E-state index is -3.11. The van der Waals surface area contributed by atoms with E-state index in [-0.39, 0.29) is 0 Å². The molecule has 0 unspecified atom stereocenters. The molecular formula is C11H17NO3S. The van der Waals surface area contributed by atoms with Crippen molar-refractivity contribution in [3.63, 3.8) is 0 Å². The summed E-state index contributed by atoms with van der Waals surface area (Å²) in [6, 6.07) is 6.71. The molecule has 0 aromatic heterocycles. The fourth-order valence-corrected chi connectivity index (χ4v) is 1.84. The Morgan fingerprint density at radius 1 is 1.25 bits per heavy atom. The van der Waals surface area contributed by atoms with Gasteiger partial charge in [0.15, 0.2) is 9.84 Å². The molecule has 5 heteroatoms. The molecule has 2 N–H and O–H groups in total. The molecule has 0 spiro atoms. The van der Waals surface area contributed by atoms with Gasteiger partial charge in [-0.3, -0.25) is 0 Å². The van der Waals surface area contributed by atoms with Gasteiger partial charge < -0.3 is 10.5 Å². The molecule has 1 aromatic carbocycles. The van der Waals surface area contributed by atoms with Gasteiger partial charge in [0.1, 0.15) is 0 Å². The Labute approximate surface area is 96.3 Å². The minimum absolute atomic E-state index is 0.332. The molecule has 0 atom stereocenters. The second-order valence-electron chi connectivity index (χ2n) is 3.61. The van der Waals surface area contributed by atoms with Crippen LogP contribution in [0.3, 0.4) is 0 Å². The van der Waals surface area contributed by atoms with Crippen LogP contribution in [0.1, 0.15) is 12.0 Å². The van der Waals surface area contributed by atoms with Crippen molar-refractivity contribution in [3.05, 3.63) is 29.8 Å². The monoisotopic (exact) mass is 243 g/mol. The van der Waals surface area contributed by atoms with Crippen LogP contribution in [-0.4, -0.2) is 27.8 Å². The van der Waals surface area contributed by atoms with E-state index in [9.17, 15) is 8.42 Å². The van der Waals surface area contributed by atoms with Crippen LogP contribution >= 0.6 is 0 Å². The molecule has 4 nitrogen and oxygen atoms in total. The first-order chi connectivity index (χ1) is 7.54. The number of nitrogens with two attached hydrogens (primary N) is 1. The Balaban J connectivity index is 2.52. The molecule has 0 fully saturated rings. The third kappa shape index (κ3) is 4.30. The Hall–Kier alpha value is -0.910. The number of benzene rings is 1. The quantitative estimate of drug-likeness (QED) is 0.755. The van der Waals surface area contributed by atoms with Gasteiger partial charge in [0.25, 0.3) is 0 Å². The highest BCUT2D eigenvalue weighted by Gasteiger charge is 2.05. The molecule has 16 heavy (non-hydrogen) atoms. The van der Waals surface area contributed by atoms with Gasteiger partial charge in [-0.05, 0) is 30.7 Å². The largest absolute Gasteiger partial charge is 0.377 e. The van der Waals surface area contributed by atoms with Crippen LogP contribution in [0.15, 0.2) is 29.2 Å². The molecule has 1 aromatic rings. The molecule has 0 aliphatic rings. The lowest BCUT2D eigenvalue weighted by atomic mass is 10.2. The third-order valence-electron chi connectivity index (χ3n) is 2.11. The highest BCUT2D eigenvalue weighted by molar-refractivity contribution is 7.90. The van der Waals surface area contributed by atoms with Crippen molar-refractivity contribution in [1.29, 1.82) is 0 Å². The van der Waals surface area contributed by atoms with Gasteiger partial charge in [-0.2, -0.15) is 0 Å². The fraction of sp³-hybridized carbons (Fsp3) is 0.455. The maximum atomic E-state index is 11.2. The van der Waals surface area contributed by atoms with E-state index >= 15 is 0 Å². The topological polar surface area (TPSA) is 69.4 Å². The van der Waals surface area contributed by atoms with E-state index in [0.717, 1.165) is 12.0 Å². The van der Waals surface area contributed by atoms with Gasteiger partial charge in [-0.25, -0.2) is 8.42 Å². The molecule has 90 valence electrons. The summed E-state index contributed by atoms with van der Waals surface area (Å²) < 4.78 is 27.8. The predicted molar refractivity (Wildman–Crippen MR) is 62.9 cm³/mol. The van der Waals surface area contributed by atoms with E-state index in [1.807, 2.05) is 0 Å². The van der Waals surface area contributed by atoms with Crippen molar-refractivity contribution in [1.82, 2.24) is 0 Å². The number of hydrogen-bond donors (Lipinski definition) is 1. The Morgan fingerprint density at radius 3 is 2.38 bits per heavy atom. The molecule has 0 amide bonds. The summed E-state index contributed by atoms with van der Waals surface area (Å²) in [5, 5.41) is 0. The highest BCUT2D eigenvalue weighted by atomic mass is 32.2. The van der Waals surface area contributed by atoms with Crippen LogP contribution in [0.4, 0.5) is 0 Å². The van der Waals surface area contributed by atoms with E-state index in [1.165, 1.54) is 6.26 Å². The van der Waals surface area contributed by atoms with Crippen molar-refractivity contribution in [3.8, 4) is 0 Å². The second-order valence-corrected chi connectivity index (χ2v) is 5.63. The van der Waals surface area contributed by atoms with Gasteiger partial charge in [0.2, 0.25) is 0 Å². The molecule has 0 saturated carbocycles. The number of ether oxygens (including phenoxy) is 1. The van der Waals surface area contributed by atoms with Crippen LogP contribution in [0, 0.1) is 0 Å². The number of rotatable bonds is 6. The van der Waals surface area contributed by atoms with Crippen molar-refractivity contribution < 1.29 is 13.2 Å². The van der Waals surface area contributed by atoms with Crippen LogP contribution in [0.5, 0.6) is 0 Å². The first kappa shape index (κ1) is 13.2. The first-order valence-corrected chi connectivity index (χ1v) is 7.00. The van der Waals surface area contributed by atoms with Crippen molar-refractivity contribution in [2.75, 3.05) is 19.4 Å². The molecular weight excluding hydrogens is 226 g/mol. The molecule has 1 rings (SSSR count). The van der Waals surface area contributed by atoms with Crippen LogP contribution in [-0.2, 0) is 21.2 Å². The highest BCUT2D eigenvalue weighted by Crippen LogP contribution is 2.10. The maximum Gasteiger partial charge on any atom is 0.175 e. The lowest BCUT2D eigenvalue weighted by Crippen LogP contribution is -2.04. The normalized spacial score (nSPS) is 11.6. The van der Waals surface area contributed by atoms with Crippen LogP contribution < -0.4 is 5.73 Å². The summed E-state index contributed by atoms with van der Waals surface area (Å²) in [4.78, 5) is 0.332. The Bertz CT molecular complexity index is 411. The molecule has 0 aliphatic carbocycles. The standard InChI is InChI=1S/C11H17NO3S/c1-16(13,14)11-5-3-10(4-6-11)9-15-8-2-7-12/h3-6H,2,7-9,12H2,1H3. The summed E-state index contributed by atoms with van der Waals surface area (Å²) in [5.41, 5.74) is 6.29. The first-order valence-electron chi connectivity index (χ1n) is 5.11. The van der Waals surface area contributed by atoms with Gasteiger partial charge in [0.05, 0.1) is 11.5 Å². The SMILES string of the molecule is CS(=O)(=O)c1ccc(COCCCN)cc1. The zero-order valence-electron chi connectivity index (χ0n) is 9.35. The average molecular weight is 243 g/mol. The van der Waals surface area contributed by atoms with Crippen molar-refractivity contribution in [2.24, 2.45) is 5.73 Å². The Kier molecular flexibility index (Phi) is 4.92. The van der Waals surface area contributed by atoms with E-state index in [4.69, 9.17) is 10.5 Å².